The summed E-state index contributed by atoms with van der Waals surface area (Å²) in [5.74, 6) is -0.862. The first kappa shape index (κ1) is 22.6. The maximum Gasteiger partial charge on any atom is 0.265 e. The average molecular weight is 467 g/mol. The van der Waals surface area contributed by atoms with Crippen molar-refractivity contribution in [3.05, 3.63) is 82.3 Å². The van der Waals surface area contributed by atoms with Gasteiger partial charge in [-0.15, -0.1) is 11.3 Å². The predicted octanol–water partition coefficient (Wildman–Crippen LogP) is 3.54. The second-order valence-electron chi connectivity index (χ2n) is 7.64. The van der Waals surface area contributed by atoms with E-state index in [2.05, 4.69) is 10.6 Å². The first-order chi connectivity index (χ1) is 16.0. The molecule has 3 amide bonds. The number of nitrogens with zero attached hydrogens (tertiary/aromatic N) is 2. The Kier molecular flexibility index (Phi) is 7.11. The Labute approximate surface area is 194 Å². The quantitative estimate of drug-likeness (QED) is 0.582. The molecule has 4 rings (SSSR count). The lowest BCUT2D eigenvalue weighted by molar-refractivity contribution is -0.117. The van der Waals surface area contributed by atoms with Crippen LogP contribution in [0.15, 0.2) is 66.0 Å². The molecule has 170 valence electrons. The molecule has 2 heterocycles. The first-order valence-corrected chi connectivity index (χ1v) is 11.4. The minimum absolute atomic E-state index is 0.113. The summed E-state index contributed by atoms with van der Waals surface area (Å²) in [6.07, 6.45) is 0. The number of hydrogen-bond donors (Lipinski definition) is 2. The van der Waals surface area contributed by atoms with Crippen LogP contribution in [0.2, 0.25) is 0 Å². The number of halogens is 1. The van der Waals surface area contributed by atoms with Crippen LogP contribution in [0.4, 0.5) is 15.8 Å². The van der Waals surface area contributed by atoms with E-state index in [1.165, 1.54) is 35.6 Å². The lowest BCUT2D eigenvalue weighted by Gasteiger charge is -2.34. The number of thiophene rings is 1. The first-order valence-electron chi connectivity index (χ1n) is 10.5. The molecule has 0 aliphatic carbocycles. The summed E-state index contributed by atoms with van der Waals surface area (Å²) < 4.78 is 13.0. The standard InChI is InChI=1S/C24H23FN4O3S/c25-18-6-8-19(9-7-18)26-22(30)16-28-10-12-29(13-11-28)24(32)17-3-1-4-20(15-17)27-23(31)21-5-2-14-33-21/h1-9,14-15H,10-13,16H2,(H,26,30)(H,27,31). The molecule has 1 aliphatic rings. The van der Waals surface area contributed by atoms with Crippen LogP contribution >= 0.6 is 11.3 Å². The largest absolute Gasteiger partial charge is 0.336 e. The van der Waals surface area contributed by atoms with Crippen molar-refractivity contribution in [3.63, 3.8) is 0 Å². The van der Waals surface area contributed by atoms with Crippen LogP contribution in [0.3, 0.4) is 0 Å². The number of carbonyl (C=O) groups excluding carboxylic acids is 3. The molecule has 2 aromatic carbocycles. The van der Waals surface area contributed by atoms with Crippen molar-refractivity contribution in [3.8, 4) is 0 Å². The Morgan fingerprint density at radius 3 is 2.33 bits per heavy atom. The number of hydrogen-bond acceptors (Lipinski definition) is 5. The summed E-state index contributed by atoms with van der Waals surface area (Å²) in [7, 11) is 0. The summed E-state index contributed by atoms with van der Waals surface area (Å²) in [5, 5.41) is 7.40. The lowest BCUT2D eigenvalue weighted by Crippen LogP contribution is -2.50. The van der Waals surface area contributed by atoms with Crippen molar-refractivity contribution >= 4 is 40.4 Å². The van der Waals surface area contributed by atoms with Crippen LogP contribution in [0.1, 0.15) is 20.0 Å². The van der Waals surface area contributed by atoms with Crippen LogP contribution in [0.25, 0.3) is 0 Å². The van der Waals surface area contributed by atoms with Gasteiger partial charge in [-0.2, -0.15) is 0 Å². The van der Waals surface area contributed by atoms with Gasteiger partial charge in [0.25, 0.3) is 11.8 Å². The number of anilines is 2. The Hall–Kier alpha value is -3.56. The van der Waals surface area contributed by atoms with Crippen LogP contribution in [-0.2, 0) is 4.79 Å². The van der Waals surface area contributed by atoms with E-state index in [-0.39, 0.29) is 30.1 Å². The van der Waals surface area contributed by atoms with Crippen molar-refractivity contribution in [2.24, 2.45) is 0 Å². The van der Waals surface area contributed by atoms with Crippen LogP contribution in [0, 0.1) is 5.82 Å². The molecule has 0 spiro atoms. The summed E-state index contributed by atoms with van der Waals surface area (Å²) in [4.78, 5) is 41.8. The molecule has 3 aromatic rings. The molecule has 0 radical (unpaired) electrons. The van der Waals surface area contributed by atoms with Gasteiger partial charge in [0.2, 0.25) is 5.91 Å². The fraction of sp³-hybridized carbons (Fsp3) is 0.208. The highest BCUT2D eigenvalue weighted by Gasteiger charge is 2.23. The topological polar surface area (TPSA) is 81.8 Å². The van der Waals surface area contributed by atoms with Gasteiger partial charge in [0.15, 0.2) is 0 Å². The van der Waals surface area contributed by atoms with Gasteiger partial charge < -0.3 is 15.5 Å². The van der Waals surface area contributed by atoms with Crippen LogP contribution in [0.5, 0.6) is 0 Å². The van der Waals surface area contributed by atoms with Gasteiger partial charge in [0.1, 0.15) is 5.82 Å². The average Bonchev–Trinajstić information content (AvgIpc) is 3.36. The smallest absolute Gasteiger partial charge is 0.265 e. The van der Waals surface area contributed by atoms with Crippen LogP contribution < -0.4 is 10.6 Å². The van der Waals surface area contributed by atoms with Gasteiger partial charge in [-0.25, -0.2) is 4.39 Å². The van der Waals surface area contributed by atoms with E-state index in [0.29, 0.717) is 48.0 Å². The van der Waals surface area contributed by atoms with Crippen molar-refractivity contribution < 1.29 is 18.8 Å². The lowest BCUT2D eigenvalue weighted by atomic mass is 10.1. The van der Waals surface area contributed by atoms with Gasteiger partial charge in [-0.3, -0.25) is 19.3 Å². The molecule has 1 fully saturated rings. The number of piperazine rings is 1. The minimum Gasteiger partial charge on any atom is -0.336 e. The van der Waals surface area contributed by atoms with E-state index in [0.717, 1.165) is 0 Å². The molecule has 0 bridgehead atoms. The molecule has 0 saturated carbocycles. The van der Waals surface area contributed by atoms with Gasteiger partial charge in [-0.1, -0.05) is 12.1 Å². The van der Waals surface area contributed by atoms with Crippen molar-refractivity contribution in [1.29, 1.82) is 0 Å². The number of benzene rings is 2. The molecule has 0 unspecified atom stereocenters. The van der Waals surface area contributed by atoms with Crippen molar-refractivity contribution in [2.75, 3.05) is 43.4 Å². The second kappa shape index (κ2) is 10.4. The van der Waals surface area contributed by atoms with E-state index >= 15 is 0 Å². The SMILES string of the molecule is O=C(CN1CCN(C(=O)c2cccc(NC(=O)c3cccs3)c2)CC1)Nc1ccc(F)cc1. The molecule has 9 heteroatoms. The van der Waals surface area contributed by atoms with E-state index in [1.54, 1.807) is 35.2 Å². The van der Waals surface area contributed by atoms with Gasteiger partial charge in [0, 0.05) is 43.1 Å². The molecule has 33 heavy (non-hydrogen) atoms. The van der Waals surface area contributed by atoms with E-state index in [1.807, 2.05) is 16.3 Å². The third-order valence-corrected chi connectivity index (χ3v) is 6.14. The van der Waals surface area contributed by atoms with Crippen LogP contribution in [-0.4, -0.2) is 60.2 Å². The fourth-order valence-electron chi connectivity index (χ4n) is 3.56. The third kappa shape index (κ3) is 6.03. The Morgan fingerprint density at radius 2 is 1.64 bits per heavy atom. The van der Waals surface area contributed by atoms with E-state index in [9.17, 15) is 18.8 Å². The molecule has 2 N–H and O–H groups in total. The second-order valence-corrected chi connectivity index (χ2v) is 8.58. The van der Waals surface area contributed by atoms with Crippen molar-refractivity contribution in [1.82, 2.24) is 9.80 Å². The summed E-state index contributed by atoms with van der Waals surface area (Å²) in [5.41, 5.74) is 1.61. The maximum atomic E-state index is 13.0. The normalized spacial score (nSPS) is 14.0. The van der Waals surface area contributed by atoms with Crippen molar-refractivity contribution in [2.45, 2.75) is 0 Å². The molecule has 1 aromatic heterocycles. The molecular weight excluding hydrogens is 443 g/mol. The Morgan fingerprint density at radius 1 is 0.879 bits per heavy atom. The summed E-state index contributed by atoms with van der Waals surface area (Å²) in [6.45, 7) is 2.32. The molecule has 7 nitrogen and oxygen atoms in total. The molecule has 1 saturated heterocycles. The van der Waals surface area contributed by atoms with Gasteiger partial charge in [0.05, 0.1) is 11.4 Å². The Bertz CT molecular complexity index is 1130. The third-order valence-electron chi connectivity index (χ3n) is 5.27. The molecular formula is C24H23FN4O3S. The highest BCUT2D eigenvalue weighted by atomic mass is 32.1. The zero-order valence-corrected chi connectivity index (χ0v) is 18.6. The molecule has 0 atom stereocenters. The molecule has 1 aliphatic heterocycles. The fourth-order valence-corrected chi connectivity index (χ4v) is 4.18. The number of amides is 3. The van der Waals surface area contributed by atoms with E-state index in [4.69, 9.17) is 0 Å². The highest BCUT2D eigenvalue weighted by molar-refractivity contribution is 7.12. The van der Waals surface area contributed by atoms with E-state index < -0.39 is 0 Å². The summed E-state index contributed by atoms with van der Waals surface area (Å²) >= 11 is 1.35. The minimum atomic E-state index is -0.357. The van der Waals surface area contributed by atoms with Gasteiger partial charge >= 0.3 is 0 Å². The highest BCUT2D eigenvalue weighted by Crippen LogP contribution is 2.17. The monoisotopic (exact) mass is 466 g/mol. The zero-order chi connectivity index (χ0) is 23.2. The predicted molar refractivity (Wildman–Crippen MR) is 126 cm³/mol. The number of carbonyl (C=O) groups is 3. The number of rotatable bonds is 6. The maximum absolute atomic E-state index is 13.0. The Balaban J connectivity index is 1.28. The van der Waals surface area contributed by atoms with Gasteiger partial charge in [-0.05, 0) is 53.9 Å². The number of nitrogens with one attached hydrogen (secondary N) is 2. The zero-order valence-electron chi connectivity index (χ0n) is 17.8. The summed E-state index contributed by atoms with van der Waals surface area (Å²) in [6, 6.07) is 16.1.